The van der Waals surface area contributed by atoms with E-state index in [1.807, 2.05) is 4.57 Å². The molecule has 3 aliphatic rings. The van der Waals surface area contributed by atoms with Gasteiger partial charge in [0.15, 0.2) is 0 Å². The first-order valence-corrected chi connectivity index (χ1v) is 13.6. The first kappa shape index (κ1) is 25.6. The molecule has 3 heterocycles. The zero-order chi connectivity index (χ0) is 27.3. The van der Waals surface area contributed by atoms with E-state index in [2.05, 4.69) is 36.0 Å². The van der Waals surface area contributed by atoms with Crippen LogP contribution in [0.2, 0.25) is 0 Å². The number of anilines is 3. The van der Waals surface area contributed by atoms with Crippen LogP contribution in [0.1, 0.15) is 52.5 Å². The monoisotopic (exact) mass is 564 g/mol. The van der Waals surface area contributed by atoms with Gasteiger partial charge in [0.05, 0.1) is 5.56 Å². The van der Waals surface area contributed by atoms with Crippen LogP contribution in [0.4, 0.5) is 29.9 Å². The molecule has 6 rings (SSSR count). The Hall–Kier alpha value is -3.62. The van der Waals surface area contributed by atoms with Crippen LogP contribution >= 0.6 is 11.3 Å². The van der Waals surface area contributed by atoms with Gasteiger partial charge in [0.1, 0.15) is 23.3 Å². The highest BCUT2D eigenvalue weighted by atomic mass is 32.1. The number of amides is 2. The van der Waals surface area contributed by atoms with Crippen LogP contribution < -0.4 is 20.7 Å². The number of ether oxygens (including phenoxy) is 1. The second-order valence-electron chi connectivity index (χ2n) is 10.1. The number of carbonyl (C=O) groups excluding carboxylic acids is 2. The number of aryl methyl sites for hydroxylation is 2. The zero-order valence-electron chi connectivity index (χ0n) is 21.0. The minimum absolute atomic E-state index is 0.0178. The molecule has 0 bridgehead atoms. The highest BCUT2D eigenvalue weighted by Crippen LogP contribution is 2.43. The summed E-state index contributed by atoms with van der Waals surface area (Å²) >= 11 is 1.42. The average molecular weight is 565 g/mol. The Morgan fingerprint density at radius 3 is 2.79 bits per heavy atom. The van der Waals surface area contributed by atoms with Crippen molar-refractivity contribution < 1.29 is 27.5 Å². The number of rotatable bonds is 10. The van der Waals surface area contributed by atoms with Crippen LogP contribution in [0.5, 0.6) is 5.88 Å². The number of thiophene rings is 1. The van der Waals surface area contributed by atoms with E-state index in [9.17, 15) is 22.8 Å². The third kappa shape index (κ3) is 5.44. The van der Waals surface area contributed by atoms with Crippen molar-refractivity contribution in [3.63, 3.8) is 0 Å². The lowest BCUT2D eigenvalue weighted by molar-refractivity contribution is -0.117. The fraction of sp³-hybridized carbons (Fsp3) is 0.542. The normalized spacial score (nSPS) is 21.9. The maximum atomic E-state index is 13.4. The van der Waals surface area contributed by atoms with Crippen LogP contribution in [-0.4, -0.2) is 55.7 Å². The van der Waals surface area contributed by atoms with Gasteiger partial charge in [0.25, 0.3) is 5.91 Å². The molecule has 0 aliphatic heterocycles. The molecule has 3 aromatic rings. The quantitative estimate of drug-likeness (QED) is 0.343. The Kier molecular flexibility index (Phi) is 6.69. The lowest BCUT2D eigenvalue weighted by atomic mass is 9.91. The summed E-state index contributed by atoms with van der Waals surface area (Å²) in [5, 5.41) is 21.5. The van der Waals surface area contributed by atoms with E-state index in [1.165, 1.54) is 22.1 Å². The number of nitrogens with one attached hydrogen (secondary N) is 3. The summed E-state index contributed by atoms with van der Waals surface area (Å²) in [6, 6.07) is 1.22. The zero-order valence-corrected chi connectivity index (χ0v) is 21.8. The van der Waals surface area contributed by atoms with Crippen molar-refractivity contribution in [2.24, 2.45) is 18.9 Å². The number of aromatic nitrogens is 5. The second-order valence-corrected chi connectivity index (χ2v) is 11.3. The van der Waals surface area contributed by atoms with Gasteiger partial charge >= 0.3 is 6.61 Å². The van der Waals surface area contributed by atoms with Gasteiger partial charge in [-0.15, -0.1) is 26.6 Å². The molecule has 3 N–H and O–H groups in total. The number of carbonyl (C=O) groups is 2. The van der Waals surface area contributed by atoms with E-state index in [0.717, 1.165) is 29.7 Å². The predicted octanol–water partition coefficient (Wildman–Crippen LogP) is 3.58. The fourth-order valence-corrected chi connectivity index (χ4v) is 6.09. The van der Waals surface area contributed by atoms with Crippen LogP contribution in [-0.2, 0) is 24.7 Å². The highest BCUT2D eigenvalue weighted by molar-refractivity contribution is 7.17. The topological polar surface area (TPSA) is 128 Å². The van der Waals surface area contributed by atoms with Gasteiger partial charge in [-0.3, -0.25) is 14.2 Å². The standard InChI is InChI=1S/C24H27F3N8O3S/c1-34-17(8-18(33-34)38-23(26)27)30-24-32-29-10-35(24)13-4-5-16-14(7-13)19(21(37)28-9-12-6-15(12)25)22(39-16)31-20(36)11-2-3-11/h8,10-13,15,23H,2-7,9H2,1H3,(H,28,37)(H,30,32)(H,31,36)/t12?,13-,15?/m0/s1. The number of hydrogen-bond acceptors (Lipinski definition) is 8. The van der Waals surface area contributed by atoms with Crippen molar-refractivity contribution in [2.75, 3.05) is 17.2 Å². The number of halogens is 3. The molecule has 208 valence electrons. The second kappa shape index (κ2) is 10.2. The third-order valence-corrected chi connectivity index (χ3v) is 8.49. The Bertz CT molecular complexity index is 1400. The lowest BCUT2D eigenvalue weighted by Crippen LogP contribution is -2.29. The van der Waals surface area contributed by atoms with Crippen LogP contribution in [0.25, 0.3) is 0 Å². The summed E-state index contributed by atoms with van der Waals surface area (Å²) in [6.45, 7) is -2.74. The first-order chi connectivity index (χ1) is 18.8. The number of hydrogen-bond donors (Lipinski definition) is 3. The maximum absolute atomic E-state index is 13.4. The lowest BCUT2D eigenvalue weighted by Gasteiger charge is -2.25. The summed E-state index contributed by atoms with van der Waals surface area (Å²) in [5.41, 5.74) is 1.29. The summed E-state index contributed by atoms with van der Waals surface area (Å²) < 4.78 is 46.2. The van der Waals surface area contributed by atoms with Gasteiger partial charge in [-0.1, -0.05) is 0 Å². The molecule has 2 unspecified atom stereocenters. The van der Waals surface area contributed by atoms with Crippen molar-refractivity contribution in [1.82, 2.24) is 29.9 Å². The largest absolute Gasteiger partial charge is 0.415 e. The van der Waals surface area contributed by atoms with Crippen molar-refractivity contribution >= 4 is 39.9 Å². The van der Waals surface area contributed by atoms with Crippen molar-refractivity contribution in [2.45, 2.75) is 57.3 Å². The molecule has 3 aromatic heterocycles. The van der Waals surface area contributed by atoms with Crippen molar-refractivity contribution in [3.05, 3.63) is 28.4 Å². The predicted molar refractivity (Wildman–Crippen MR) is 135 cm³/mol. The van der Waals surface area contributed by atoms with Crippen LogP contribution in [0, 0.1) is 11.8 Å². The highest BCUT2D eigenvalue weighted by Gasteiger charge is 2.39. The summed E-state index contributed by atoms with van der Waals surface area (Å²) in [7, 11) is 1.58. The Morgan fingerprint density at radius 1 is 1.28 bits per heavy atom. The Labute approximate surface area is 225 Å². The molecule has 0 radical (unpaired) electrons. The summed E-state index contributed by atoms with van der Waals surface area (Å²) in [4.78, 5) is 26.9. The molecule has 15 heteroatoms. The SMILES string of the molecule is Cn1nc(OC(F)F)cc1Nc1nncn1[C@H]1CCc2sc(NC(=O)C3CC3)c(C(=O)NCC3CC3F)c2C1. The molecule has 39 heavy (non-hydrogen) atoms. The van der Waals surface area contributed by atoms with Crippen LogP contribution in [0.3, 0.4) is 0 Å². The molecular formula is C24H27F3N8O3S. The van der Waals surface area contributed by atoms with E-state index >= 15 is 0 Å². The number of fused-ring (bicyclic) bond motifs is 1. The fourth-order valence-electron chi connectivity index (χ4n) is 4.85. The Morgan fingerprint density at radius 2 is 2.08 bits per heavy atom. The molecule has 2 saturated carbocycles. The Balaban J connectivity index is 1.24. The average Bonchev–Trinajstić information content (AvgIpc) is 3.74. The van der Waals surface area contributed by atoms with E-state index in [1.54, 1.807) is 13.4 Å². The van der Waals surface area contributed by atoms with E-state index < -0.39 is 12.8 Å². The van der Waals surface area contributed by atoms with Gasteiger partial charge in [0, 0.05) is 42.4 Å². The van der Waals surface area contributed by atoms with Gasteiger partial charge < -0.3 is 20.7 Å². The molecule has 3 aliphatic carbocycles. The number of alkyl halides is 3. The summed E-state index contributed by atoms with van der Waals surface area (Å²) in [6.07, 6.45) is 4.72. The third-order valence-electron chi connectivity index (χ3n) is 7.28. The van der Waals surface area contributed by atoms with E-state index in [-0.39, 0.29) is 42.1 Å². The van der Waals surface area contributed by atoms with Crippen LogP contribution in [0.15, 0.2) is 12.4 Å². The molecule has 0 aromatic carbocycles. The van der Waals surface area contributed by atoms with E-state index in [0.29, 0.717) is 41.6 Å². The van der Waals surface area contributed by atoms with Crippen molar-refractivity contribution in [3.8, 4) is 5.88 Å². The molecule has 2 fully saturated rings. The molecule has 11 nitrogen and oxygen atoms in total. The minimum Gasteiger partial charge on any atom is -0.415 e. The molecule has 0 saturated heterocycles. The van der Waals surface area contributed by atoms with Gasteiger partial charge in [0.2, 0.25) is 17.7 Å². The minimum atomic E-state index is -2.99. The van der Waals surface area contributed by atoms with E-state index in [4.69, 9.17) is 0 Å². The van der Waals surface area contributed by atoms with Gasteiger partial charge in [-0.25, -0.2) is 9.07 Å². The number of nitrogens with zero attached hydrogens (tertiary/aromatic N) is 5. The van der Waals surface area contributed by atoms with Gasteiger partial charge in [-0.05, 0) is 44.1 Å². The molecule has 0 spiro atoms. The molecular weight excluding hydrogens is 537 g/mol. The van der Waals surface area contributed by atoms with Crippen molar-refractivity contribution in [1.29, 1.82) is 0 Å². The molecule has 3 atom stereocenters. The molecule has 2 amide bonds. The first-order valence-electron chi connectivity index (χ1n) is 12.8. The summed E-state index contributed by atoms with van der Waals surface area (Å²) in [5.74, 6) is -0.0579. The maximum Gasteiger partial charge on any atom is 0.388 e. The van der Waals surface area contributed by atoms with Gasteiger partial charge in [-0.2, -0.15) is 8.78 Å². The smallest absolute Gasteiger partial charge is 0.388 e.